The summed E-state index contributed by atoms with van der Waals surface area (Å²) in [7, 11) is 0. The van der Waals surface area contributed by atoms with Gasteiger partial charge in [-0.05, 0) is 99.7 Å². The molecule has 0 heterocycles. The van der Waals surface area contributed by atoms with Crippen LogP contribution in [-0.2, 0) is 9.59 Å². The quantitative estimate of drug-likeness (QED) is 0.432. The zero-order valence-electron chi connectivity index (χ0n) is 22.1. The summed E-state index contributed by atoms with van der Waals surface area (Å²) in [5, 5.41) is 11.8. The summed E-state index contributed by atoms with van der Waals surface area (Å²) in [6.45, 7) is 8.37. The van der Waals surface area contributed by atoms with E-state index in [2.05, 4.69) is 25.7 Å². The molecule has 4 heteroatoms. The Bertz CT molecular complexity index is 792. The fourth-order valence-electron chi connectivity index (χ4n) is 9.18. The van der Waals surface area contributed by atoms with E-state index in [1.165, 1.54) is 38.5 Å². The number of aliphatic hydroxyl groups is 1. The summed E-state index contributed by atoms with van der Waals surface area (Å²) in [5.74, 6) is 3.60. The SMILES string of the molecule is CCCCCCN(C[C@@]1(O)CC[C@@]2(C)C(CC[C@@H]3[C@@H]2CC[C@]2(C)C(=O)CC[C@@H]32)C1)C(=O)C1CC1. The van der Waals surface area contributed by atoms with E-state index >= 15 is 0 Å². The number of carbonyl (C=O) groups is 2. The number of hydrogen-bond acceptors (Lipinski definition) is 3. The summed E-state index contributed by atoms with van der Waals surface area (Å²) < 4.78 is 0. The Labute approximate surface area is 207 Å². The van der Waals surface area contributed by atoms with Crippen molar-refractivity contribution < 1.29 is 14.7 Å². The molecule has 1 N–H and O–H groups in total. The number of amides is 1. The van der Waals surface area contributed by atoms with Crippen molar-refractivity contribution in [2.24, 2.45) is 40.4 Å². The predicted molar refractivity (Wildman–Crippen MR) is 135 cm³/mol. The maximum Gasteiger partial charge on any atom is 0.225 e. The molecule has 0 spiro atoms. The van der Waals surface area contributed by atoms with Gasteiger partial charge in [0.15, 0.2) is 0 Å². The van der Waals surface area contributed by atoms with Crippen molar-refractivity contribution in [1.29, 1.82) is 0 Å². The Hall–Kier alpha value is -0.900. The van der Waals surface area contributed by atoms with Gasteiger partial charge in [0.25, 0.3) is 0 Å². The fourth-order valence-corrected chi connectivity index (χ4v) is 9.18. The van der Waals surface area contributed by atoms with E-state index in [4.69, 9.17) is 0 Å². The zero-order chi connectivity index (χ0) is 24.1. The number of Topliss-reactive ketones (excluding diaryl/α,β-unsaturated/α-hetero) is 1. The van der Waals surface area contributed by atoms with Gasteiger partial charge in [0.1, 0.15) is 5.78 Å². The summed E-state index contributed by atoms with van der Waals surface area (Å²) in [5.41, 5.74) is -0.491. The molecule has 5 saturated carbocycles. The van der Waals surface area contributed by atoms with Gasteiger partial charge in [-0.25, -0.2) is 0 Å². The predicted octanol–water partition coefficient (Wildman–Crippen LogP) is 6.15. The van der Waals surface area contributed by atoms with E-state index in [-0.39, 0.29) is 16.7 Å². The molecule has 0 aliphatic heterocycles. The highest BCUT2D eigenvalue weighted by atomic mass is 16.3. The standard InChI is InChI=1S/C30H49NO3/c1-4-5-6-7-18-31(27(33)21-8-9-21)20-30(34)17-16-28(2)22(19-30)10-11-23-24-12-13-26(32)29(24,3)15-14-25(23)28/h21-25,34H,4-20H2,1-3H3/t22?,23-,24-,25-,28-,29-,30+/m0/s1. The molecular formula is C30H49NO3. The van der Waals surface area contributed by atoms with Crippen molar-refractivity contribution in [3.8, 4) is 0 Å². The van der Waals surface area contributed by atoms with E-state index in [0.29, 0.717) is 41.9 Å². The van der Waals surface area contributed by atoms with Crippen LogP contribution in [0.15, 0.2) is 0 Å². The van der Waals surface area contributed by atoms with Crippen molar-refractivity contribution in [1.82, 2.24) is 4.90 Å². The molecule has 34 heavy (non-hydrogen) atoms. The fraction of sp³-hybridized carbons (Fsp3) is 0.933. The van der Waals surface area contributed by atoms with Crippen molar-refractivity contribution in [3.05, 3.63) is 0 Å². The molecule has 0 aromatic carbocycles. The molecule has 0 aromatic rings. The summed E-state index contributed by atoms with van der Waals surface area (Å²) in [6.07, 6.45) is 16.1. The average molecular weight is 472 g/mol. The Balaban J connectivity index is 1.26. The van der Waals surface area contributed by atoms with Crippen LogP contribution in [-0.4, -0.2) is 40.4 Å². The molecule has 5 fully saturated rings. The topological polar surface area (TPSA) is 57.6 Å². The maximum absolute atomic E-state index is 13.1. The zero-order valence-corrected chi connectivity index (χ0v) is 22.1. The monoisotopic (exact) mass is 471 g/mol. The van der Waals surface area contributed by atoms with Gasteiger partial charge in [-0.2, -0.15) is 0 Å². The Kier molecular flexibility index (Phi) is 6.70. The first kappa shape index (κ1) is 24.8. The minimum absolute atomic E-state index is 0.0543. The van der Waals surface area contributed by atoms with Gasteiger partial charge in [-0.15, -0.1) is 0 Å². The lowest BCUT2D eigenvalue weighted by Gasteiger charge is -2.61. The van der Waals surface area contributed by atoms with Gasteiger partial charge in [-0.3, -0.25) is 9.59 Å². The van der Waals surface area contributed by atoms with Crippen LogP contribution in [0.1, 0.15) is 117 Å². The van der Waals surface area contributed by atoms with Crippen LogP contribution in [0.3, 0.4) is 0 Å². The number of fused-ring (bicyclic) bond motifs is 5. The molecule has 0 saturated heterocycles. The van der Waals surface area contributed by atoms with Crippen LogP contribution < -0.4 is 0 Å². The van der Waals surface area contributed by atoms with E-state index in [0.717, 1.165) is 64.3 Å². The summed E-state index contributed by atoms with van der Waals surface area (Å²) in [4.78, 5) is 27.8. The third-order valence-corrected chi connectivity index (χ3v) is 11.5. The Morgan fingerprint density at radius 2 is 1.76 bits per heavy atom. The second kappa shape index (κ2) is 9.20. The van der Waals surface area contributed by atoms with E-state index < -0.39 is 5.60 Å². The number of hydrogen-bond donors (Lipinski definition) is 1. The van der Waals surface area contributed by atoms with Crippen molar-refractivity contribution in [3.63, 3.8) is 0 Å². The molecule has 7 atom stereocenters. The Morgan fingerprint density at radius 3 is 2.50 bits per heavy atom. The van der Waals surface area contributed by atoms with Crippen LogP contribution in [0.25, 0.3) is 0 Å². The van der Waals surface area contributed by atoms with Crippen LogP contribution in [0.5, 0.6) is 0 Å². The number of ketones is 1. The number of unbranched alkanes of at least 4 members (excludes halogenated alkanes) is 3. The first-order chi connectivity index (χ1) is 16.2. The molecule has 1 amide bonds. The van der Waals surface area contributed by atoms with Gasteiger partial charge < -0.3 is 10.0 Å². The maximum atomic E-state index is 13.1. The molecule has 0 bridgehead atoms. The lowest BCUT2D eigenvalue weighted by Crippen LogP contribution is -2.58. The molecule has 5 rings (SSSR count). The Morgan fingerprint density at radius 1 is 0.971 bits per heavy atom. The molecule has 5 aliphatic carbocycles. The first-order valence-electron chi connectivity index (χ1n) is 14.7. The van der Waals surface area contributed by atoms with Gasteiger partial charge in [0, 0.05) is 30.8 Å². The number of rotatable bonds is 8. The van der Waals surface area contributed by atoms with Crippen molar-refractivity contribution >= 4 is 11.7 Å². The second-order valence-corrected chi connectivity index (χ2v) is 13.6. The highest BCUT2D eigenvalue weighted by molar-refractivity contribution is 5.87. The molecular weight excluding hydrogens is 422 g/mol. The normalized spacial score (nSPS) is 43.7. The van der Waals surface area contributed by atoms with Gasteiger partial charge in [0.2, 0.25) is 5.91 Å². The number of nitrogens with zero attached hydrogens (tertiary/aromatic N) is 1. The van der Waals surface area contributed by atoms with E-state index in [1.807, 2.05) is 0 Å². The third-order valence-electron chi connectivity index (χ3n) is 11.5. The van der Waals surface area contributed by atoms with Crippen molar-refractivity contribution in [2.75, 3.05) is 13.1 Å². The average Bonchev–Trinajstić information content (AvgIpc) is 3.61. The molecule has 0 aromatic heterocycles. The van der Waals surface area contributed by atoms with Crippen LogP contribution in [0.2, 0.25) is 0 Å². The smallest absolute Gasteiger partial charge is 0.225 e. The van der Waals surface area contributed by atoms with Crippen LogP contribution in [0.4, 0.5) is 0 Å². The summed E-state index contributed by atoms with van der Waals surface area (Å²) in [6, 6.07) is 0. The lowest BCUT2D eigenvalue weighted by atomic mass is 9.44. The lowest BCUT2D eigenvalue weighted by molar-refractivity contribution is -0.161. The highest BCUT2D eigenvalue weighted by Crippen LogP contribution is 2.66. The molecule has 5 aliphatic rings. The van der Waals surface area contributed by atoms with E-state index in [9.17, 15) is 14.7 Å². The van der Waals surface area contributed by atoms with Crippen LogP contribution in [0, 0.1) is 40.4 Å². The highest BCUT2D eigenvalue weighted by Gasteiger charge is 2.61. The largest absolute Gasteiger partial charge is 0.388 e. The molecule has 0 radical (unpaired) electrons. The van der Waals surface area contributed by atoms with Gasteiger partial charge in [0.05, 0.1) is 5.60 Å². The third kappa shape index (κ3) is 4.28. The van der Waals surface area contributed by atoms with Gasteiger partial charge >= 0.3 is 0 Å². The second-order valence-electron chi connectivity index (χ2n) is 13.6. The molecule has 4 nitrogen and oxygen atoms in total. The van der Waals surface area contributed by atoms with E-state index in [1.54, 1.807) is 0 Å². The molecule has 1 unspecified atom stereocenters. The molecule has 192 valence electrons. The first-order valence-corrected chi connectivity index (χ1v) is 14.7. The minimum atomic E-state index is -0.723. The minimum Gasteiger partial charge on any atom is -0.388 e. The summed E-state index contributed by atoms with van der Waals surface area (Å²) >= 11 is 0. The van der Waals surface area contributed by atoms with Gasteiger partial charge in [-0.1, -0.05) is 40.0 Å². The van der Waals surface area contributed by atoms with Crippen molar-refractivity contribution in [2.45, 2.75) is 123 Å². The number of carbonyl (C=O) groups excluding carboxylic acids is 2. The van der Waals surface area contributed by atoms with Crippen LogP contribution >= 0.6 is 0 Å².